The highest BCUT2D eigenvalue weighted by molar-refractivity contribution is 7.80. The van der Waals surface area contributed by atoms with E-state index >= 15 is 0 Å². The van der Waals surface area contributed by atoms with Crippen molar-refractivity contribution in [3.05, 3.63) is 35.1 Å². The molecule has 6 heteroatoms. The number of rotatable bonds is 3. The highest BCUT2D eigenvalue weighted by Crippen LogP contribution is 2.16. The molecule has 2 N–H and O–H groups in total. The van der Waals surface area contributed by atoms with E-state index in [1.165, 1.54) is 0 Å². The van der Waals surface area contributed by atoms with Gasteiger partial charge in [-0.1, -0.05) is 24.4 Å². The van der Waals surface area contributed by atoms with E-state index in [1.54, 1.807) is 30.1 Å². The highest BCUT2D eigenvalue weighted by atomic mass is 32.1. The Balaban J connectivity index is 2.15. The SMILES string of the molecule is CN1CCCN(Cc2cccc(C(N)=S)c2F)CC1=O. The Morgan fingerprint density at radius 2 is 2.20 bits per heavy atom. The number of nitrogens with zero attached hydrogens (tertiary/aromatic N) is 2. The van der Waals surface area contributed by atoms with Gasteiger partial charge in [0.1, 0.15) is 10.8 Å². The molecule has 0 spiro atoms. The standard InChI is InChI=1S/C14H18FN3OS/c1-17-6-3-7-18(9-12(17)19)8-10-4-2-5-11(13(10)15)14(16)20/h2,4-5H,3,6-9H2,1H3,(H2,16,20). The second kappa shape index (κ2) is 6.28. The fourth-order valence-corrected chi connectivity index (χ4v) is 2.47. The van der Waals surface area contributed by atoms with Gasteiger partial charge in [0.05, 0.1) is 6.54 Å². The van der Waals surface area contributed by atoms with Crippen LogP contribution in [-0.4, -0.2) is 47.4 Å². The van der Waals surface area contributed by atoms with Gasteiger partial charge in [-0.05, 0) is 12.5 Å². The summed E-state index contributed by atoms with van der Waals surface area (Å²) < 4.78 is 14.3. The quantitative estimate of drug-likeness (QED) is 0.849. The highest BCUT2D eigenvalue weighted by Gasteiger charge is 2.20. The van der Waals surface area contributed by atoms with Gasteiger partial charge in [-0.2, -0.15) is 0 Å². The zero-order valence-electron chi connectivity index (χ0n) is 11.4. The smallest absolute Gasteiger partial charge is 0.236 e. The maximum atomic E-state index is 14.3. The minimum Gasteiger partial charge on any atom is -0.389 e. The van der Waals surface area contributed by atoms with E-state index in [2.05, 4.69) is 0 Å². The average Bonchev–Trinajstić information content (AvgIpc) is 2.54. The third-order valence-electron chi connectivity index (χ3n) is 3.49. The van der Waals surface area contributed by atoms with Crippen molar-refractivity contribution in [2.45, 2.75) is 13.0 Å². The molecule has 1 saturated heterocycles. The van der Waals surface area contributed by atoms with Crippen molar-refractivity contribution in [3.8, 4) is 0 Å². The molecule has 1 aromatic rings. The number of amides is 1. The van der Waals surface area contributed by atoms with Gasteiger partial charge in [0, 0.05) is 37.8 Å². The van der Waals surface area contributed by atoms with E-state index in [0.717, 1.165) is 19.5 Å². The maximum Gasteiger partial charge on any atom is 0.236 e. The second-order valence-corrected chi connectivity index (χ2v) is 5.46. The average molecular weight is 295 g/mol. The molecule has 1 aliphatic heterocycles. The predicted octanol–water partition coefficient (Wildman–Crippen LogP) is 1.12. The lowest BCUT2D eigenvalue weighted by atomic mass is 10.1. The first kappa shape index (κ1) is 14.9. The van der Waals surface area contributed by atoms with Gasteiger partial charge in [0.15, 0.2) is 0 Å². The normalized spacial score (nSPS) is 17.1. The first-order valence-corrected chi connectivity index (χ1v) is 6.93. The van der Waals surface area contributed by atoms with Crippen LogP contribution in [0.15, 0.2) is 18.2 Å². The van der Waals surface area contributed by atoms with Crippen molar-refractivity contribution in [2.24, 2.45) is 5.73 Å². The lowest BCUT2D eigenvalue weighted by molar-refractivity contribution is -0.130. The maximum absolute atomic E-state index is 14.3. The van der Waals surface area contributed by atoms with Crippen LogP contribution in [0.25, 0.3) is 0 Å². The summed E-state index contributed by atoms with van der Waals surface area (Å²) >= 11 is 4.83. The van der Waals surface area contributed by atoms with Crippen LogP contribution in [0.2, 0.25) is 0 Å². The number of thiocarbonyl (C=S) groups is 1. The Bertz CT molecular complexity index is 535. The molecule has 1 aromatic carbocycles. The summed E-state index contributed by atoms with van der Waals surface area (Å²) in [6, 6.07) is 5.01. The van der Waals surface area contributed by atoms with Crippen LogP contribution in [0, 0.1) is 5.82 Å². The van der Waals surface area contributed by atoms with Crippen LogP contribution < -0.4 is 5.73 Å². The van der Waals surface area contributed by atoms with Crippen LogP contribution in [-0.2, 0) is 11.3 Å². The Hall–Kier alpha value is -1.53. The van der Waals surface area contributed by atoms with E-state index in [-0.39, 0.29) is 22.3 Å². The molecular formula is C14H18FN3OS. The number of carbonyl (C=O) groups excluding carboxylic acids is 1. The predicted molar refractivity (Wildman–Crippen MR) is 79.8 cm³/mol. The molecule has 108 valence electrons. The summed E-state index contributed by atoms with van der Waals surface area (Å²) in [4.78, 5) is 15.5. The lowest BCUT2D eigenvalue weighted by Gasteiger charge is -2.20. The number of carbonyl (C=O) groups is 1. The van der Waals surface area contributed by atoms with Gasteiger partial charge >= 0.3 is 0 Å². The van der Waals surface area contributed by atoms with Crippen LogP contribution in [0.5, 0.6) is 0 Å². The molecule has 0 saturated carbocycles. The molecule has 2 rings (SSSR count). The Kier molecular flexibility index (Phi) is 4.67. The zero-order chi connectivity index (χ0) is 14.7. The first-order chi connectivity index (χ1) is 9.49. The summed E-state index contributed by atoms with van der Waals surface area (Å²) in [7, 11) is 1.79. The van der Waals surface area contributed by atoms with Crippen molar-refractivity contribution in [2.75, 3.05) is 26.7 Å². The third-order valence-corrected chi connectivity index (χ3v) is 3.71. The van der Waals surface area contributed by atoms with Gasteiger partial charge in [-0.15, -0.1) is 0 Å². The molecule has 4 nitrogen and oxygen atoms in total. The molecule has 1 heterocycles. The monoisotopic (exact) mass is 295 g/mol. The van der Waals surface area contributed by atoms with E-state index in [9.17, 15) is 9.18 Å². The molecule has 20 heavy (non-hydrogen) atoms. The molecule has 0 aliphatic carbocycles. The molecule has 0 radical (unpaired) electrons. The lowest BCUT2D eigenvalue weighted by Crippen LogP contribution is -2.34. The number of hydrogen-bond donors (Lipinski definition) is 1. The topological polar surface area (TPSA) is 49.6 Å². The summed E-state index contributed by atoms with van der Waals surface area (Å²) in [5.74, 6) is -0.321. The van der Waals surface area contributed by atoms with E-state index in [0.29, 0.717) is 18.7 Å². The zero-order valence-corrected chi connectivity index (χ0v) is 12.3. The molecule has 1 amide bonds. The summed E-state index contributed by atoms with van der Waals surface area (Å²) in [5.41, 5.74) is 6.28. The fourth-order valence-electron chi connectivity index (χ4n) is 2.32. The van der Waals surface area contributed by atoms with Crippen LogP contribution in [0.3, 0.4) is 0 Å². The molecule has 1 aliphatic rings. The Morgan fingerprint density at radius 1 is 1.45 bits per heavy atom. The van der Waals surface area contributed by atoms with Crippen molar-refractivity contribution in [3.63, 3.8) is 0 Å². The summed E-state index contributed by atoms with van der Waals surface area (Å²) in [5, 5.41) is 0. The van der Waals surface area contributed by atoms with Gasteiger partial charge in [-0.25, -0.2) is 4.39 Å². The first-order valence-electron chi connectivity index (χ1n) is 6.52. The molecule has 0 aromatic heterocycles. The number of benzene rings is 1. The van der Waals surface area contributed by atoms with E-state index in [4.69, 9.17) is 18.0 Å². The largest absolute Gasteiger partial charge is 0.389 e. The summed E-state index contributed by atoms with van der Waals surface area (Å²) in [6.45, 7) is 2.21. The minimum atomic E-state index is -0.384. The summed E-state index contributed by atoms with van der Waals surface area (Å²) in [6.07, 6.45) is 0.888. The van der Waals surface area contributed by atoms with Crippen molar-refractivity contribution in [1.29, 1.82) is 0 Å². The minimum absolute atomic E-state index is 0.0519. The molecule has 0 atom stereocenters. The van der Waals surface area contributed by atoms with E-state index in [1.807, 2.05) is 4.90 Å². The fraction of sp³-hybridized carbons (Fsp3) is 0.429. The number of nitrogens with two attached hydrogens (primary N) is 1. The number of hydrogen-bond acceptors (Lipinski definition) is 3. The van der Waals surface area contributed by atoms with Crippen molar-refractivity contribution < 1.29 is 9.18 Å². The number of likely N-dealkylation sites (N-methyl/N-ethyl adjacent to an activating group) is 1. The van der Waals surface area contributed by atoms with Gasteiger partial charge < -0.3 is 10.6 Å². The third kappa shape index (κ3) is 3.32. The number of halogens is 1. The van der Waals surface area contributed by atoms with Gasteiger partial charge in [-0.3, -0.25) is 9.69 Å². The van der Waals surface area contributed by atoms with Crippen LogP contribution in [0.4, 0.5) is 4.39 Å². The Morgan fingerprint density at radius 3 is 2.90 bits per heavy atom. The van der Waals surface area contributed by atoms with Gasteiger partial charge in [0.2, 0.25) is 5.91 Å². The molecule has 0 bridgehead atoms. The van der Waals surface area contributed by atoms with Crippen LogP contribution >= 0.6 is 12.2 Å². The Labute approximate surface area is 123 Å². The molecule has 0 unspecified atom stereocenters. The van der Waals surface area contributed by atoms with Gasteiger partial charge in [0.25, 0.3) is 0 Å². The van der Waals surface area contributed by atoms with Crippen molar-refractivity contribution in [1.82, 2.24) is 9.80 Å². The molecule has 1 fully saturated rings. The van der Waals surface area contributed by atoms with Crippen molar-refractivity contribution >= 4 is 23.1 Å². The second-order valence-electron chi connectivity index (χ2n) is 5.02. The van der Waals surface area contributed by atoms with E-state index < -0.39 is 0 Å². The van der Waals surface area contributed by atoms with Crippen LogP contribution in [0.1, 0.15) is 17.5 Å². The molecular weight excluding hydrogens is 277 g/mol.